The molecule has 0 radical (unpaired) electrons. The smallest absolute Gasteiger partial charge is 0.254 e. The zero-order chi connectivity index (χ0) is 18.2. The number of rotatable bonds is 1. The molecule has 27 heavy (non-hydrogen) atoms. The van der Waals surface area contributed by atoms with Gasteiger partial charge in [0.25, 0.3) is 5.91 Å². The highest BCUT2D eigenvalue weighted by molar-refractivity contribution is 6.05. The largest absolute Gasteiger partial charge is 0.483 e. The monoisotopic (exact) mass is 360 g/mol. The predicted molar refractivity (Wildman–Crippen MR) is 99.4 cm³/mol. The van der Waals surface area contributed by atoms with Crippen LogP contribution in [0.4, 0.5) is 0 Å². The number of aliphatic imine (C=N–C) groups is 1. The highest BCUT2D eigenvalue weighted by Gasteiger charge is 2.72. The van der Waals surface area contributed by atoms with Crippen molar-refractivity contribution in [2.45, 2.75) is 36.1 Å². The Morgan fingerprint density at radius 2 is 1.93 bits per heavy atom. The minimum atomic E-state index is -0.794. The van der Waals surface area contributed by atoms with Crippen molar-refractivity contribution in [1.29, 1.82) is 0 Å². The predicted octanol–water partition coefficient (Wildman–Crippen LogP) is 2.82. The summed E-state index contributed by atoms with van der Waals surface area (Å²) >= 11 is 0. The lowest BCUT2D eigenvalue weighted by atomic mass is 9.67. The van der Waals surface area contributed by atoms with Crippen LogP contribution in [0.3, 0.4) is 0 Å². The van der Waals surface area contributed by atoms with Crippen molar-refractivity contribution in [3.05, 3.63) is 71.3 Å². The van der Waals surface area contributed by atoms with Crippen molar-refractivity contribution >= 4 is 11.8 Å². The lowest BCUT2D eigenvalue weighted by molar-refractivity contribution is -0.153. The zero-order valence-electron chi connectivity index (χ0n) is 15.1. The first kappa shape index (κ1) is 15.4. The number of methoxy groups -OCH3 is 1. The summed E-state index contributed by atoms with van der Waals surface area (Å²) in [4.78, 5) is 20.7. The molecule has 7 rings (SSSR count). The molecule has 2 spiro atoms. The zero-order valence-corrected chi connectivity index (χ0v) is 15.1. The molecule has 2 bridgehead atoms. The van der Waals surface area contributed by atoms with Crippen LogP contribution < -0.4 is 0 Å². The van der Waals surface area contributed by atoms with E-state index in [0.29, 0.717) is 18.9 Å². The Labute approximate surface area is 157 Å². The van der Waals surface area contributed by atoms with E-state index in [2.05, 4.69) is 18.2 Å². The van der Waals surface area contributed by atoms with Crippen LogP contribution in [0.5, 0.6) is 0 Å². The molecule has 2 fully saturated rings. The van der Waals surface area contributed by atoms with E-state index >= 15 is 0 Å². The van der Waals surface area contributed by atoms with E-state index in [-0.39, 0.29) is 18.1 Å². The summed E-state index contributed by atoms with van der Waals surface area (Å²) in [6, 6.07) is 18.3. The van der Waals surface area contributed by atoms with Crippen molar-refractivity contribution < 1.29 is 14.3 Å². The highest BCUT2D eigenvalue weighted by Crippen LogP contribution is 2.60. The topological polar surface area (TPSA) is 51.1 Å². The Morgan fingerprint density at radius 1 is 1.15 bits per heavy atom. The van der Waals surface area contributed by atoms with Gasteiger partial charge in [0.05, 0.1) is 13.7 Å². The molecule has 5 aliphatic rings. The second-order valence-electron chi connectivity index (χ2n) is 7.96. The molecule has 0 N–H and O–H groups in total. The van der Waals surface area contributed by atoms with Crippen LogP contribution in [0.15, 0.2) is 59.6 Å². The molecule has 0 saturated carbocycles. The van der Waals surface area contributed by atoms with Gasteiger partial charge in [-0.1, -0.05) is 54.6 Å². The van der Waals surface area contributed by atoms with Crippen molar-refractivity contribution in [3.8, 4) is 0 Å². The van der Waals surface area contributed by atoms with Gasteiger partial charge in [0, 0.05) is 17.9 Å². The maximum Gasteiger partial charge on any atom is 0.254 e. The van der Waals surface area contributed by atoms with Gasteiger partial charge >= 0.3 is 0 Å². The summed E-state index contributed by atoms with van der Waals surface area (Å²) in [5, 5.41) is 0. The summed E-state index contributed by atoms with van der Waals surface area (Å²) in [6.45, 7) is 0.416. The Morgan fingerprint density at radius 3 is 2.74 bits per heavy atom. The first-order valence-corrected chi connectivity index (χ1v) is 9.42. The average molecular weight is 360 g/mol. The van der Waals surface area contributed by atoms with Crippen LogP contribution in [-0.2, 0) is 20.7 Å². The van der Waals surface area contributed by atoms with E-state index in [1.54, 1.807) is 7.11 Å². The molecule has 2 unspecified atom stereocenters. The van der Waals surface area contributed by atoms with Gasteiger partial charge in [0.1, 0.15) is 5.54 Å². The fraction of sp³-hybridized carbons (Fsp3) is 0.364. The van der Waals surface area contributed by atoms with Crippen LogP contribution in [-0.4, -0.2) is 41.5 Å². The van der Waals surface area contributed by atoms with E-state index < -0.39 is 11.1 Å². The van der Waals surface area contributed by atoms with Gasteiger partial charge in [-0.3, -0.25) is 9.69 Å². The van der Waals surface area contributed by atoms with E-state index in [9.17, 15) is 4.79 Å². The third-order valence-corrected chi connectivity index (χ3v) is 6.75. The van der Waals surface area contributed by atoms with Crippen molar-refractivity contribution in [2.75, 3.05) is 13.7 Å². The van der Waals surface area contributed by atoms with Crippen molar-refractivity contribution in [3.63, 3.8) is 0 Å². The molecule has 1 aliphatic carbocycles. The molecule has 5 nitrogen and oxygen atoms in total. The number of carbonyl (C=O) groups excluding carboxylic acids is 1. The molecule has 5 heteroatoms. The molecule has 4 aliphatic heterocycles. The van der Waals surface area contributed by atoms with Crippen LogP contribution in [0.2, 0.25) is 0 Å². The summed E-state index contributed by atoms with van der Waals surface area (Å²) in [5.41, 5.74) is 2.07. The number of carbonyl (C=O) groups is 1. The van der Waals surface area contributed by atoms with E-state index in [1.165, 1.54) is 11.1 Å². The van der Waals surface area contributed by atoms with E-state index in [1.807, 2.05) is 41.3 Å². The number of benzene rings is 2. The molecule has 0 aromatic heterocycles. The third-order valence-electron chi connectivity index (χ3n) is 6.75. The van der Waals surface area contributed by atoms with Gasteiger partial charge in [-0.05, 0) is 17.5 Å². The molecule has 136 valence electrons. The van der Waals surface area contributed by atoms with E-state index in [0.717, 1.165) is 12.0 Å². The van der Waals surface area contributed by atoms with Gasteiger partial charge < -0.3 is 9.47 Å². The van der Waals surface area contributed by atoms with Gasteiger partial charge in [-0.25, -0.2) is 4.99 Å². The lowest BCUT2D eigenvalue weighted by Crippen LogP contribution is -2.71. The Bertz CT molecular complexity index is 988. The molecular weight excluding hydrogens is 340 g/mol. The van der Waals surface area contributed by atoms with Gasteiger partial charge in [0.15, 0.2) is 11.8 Å². The van der Waals surface area contributed by atoms with Crippen molar-refractivity contribution in [2.24, 2.45) is 4.99 Å². The summed E-state index contributed by atoms with van der Waals surface area (Å²) in [6.07, 6.45) is 1.04. The minimum Gasteiger partial charge on any atom is -0.483 e. The summed E-state index contributed by atoms with van der Waals surface area (Å²) in [5.74, 6) is 0.807. The maximum absolute atomic E-state index is 13.9. The van der Waals surface area contributed by atoms with Gasteiger partial charge in [0.2, 0.25) is 5.90 Å². The maximum atomic E-state index is 13.9. The quantitative estimate of drug-likeness (QED) is 0.786. The second-order valence-corrected chi connectivity index (χ2v) is 7.96. The first-order valence-electron chi connectivity index (χ1n) is 9.42. The lowest BCUT2D eigenvalue weighted by Gasteiger charge is -2.54. The van der Waals surface area contributed by atoms with Gasteiger partial charge in [-0.15, -0.1) is 0 Å². The second kappa shape index (κ2) is 4.98. The van der Waals surface area contributed by atoms with Crippen LogP contribution in [0.25, 0.3) is 0 Å². The number of nitrogens with zero attached hydrogens (tertiary/aromatic N) is 2. The third kappa shape index (κ3) is 1.69. The van der Waals surface area contributed by atoms with Gasteiger partial charge in [-0.2, -0.15) is 0 Å². The first-order chi connectivity index (χ1) is 13.2. The Kier molecular flexibility index (Phi) is 2.84. The number of ether oxygens (including phenoxy) is 2. The average Bonchev–Trinajstić information content (AvgIpc) is 3.26. The minimum absolute atomic E-state index is 0.0714. The number of hydrogen-bond acceptors (Lipinski definition) is 4. The molecule has 2 aromatic carbocycles. The number of amides is 1. The van der Waals surface area contributed by atoms with Crippen LogP contribution in [0, 0.1) is 0 Å². The Balaban J connectivity index is 1.54. The molecule has 4 heterocycles. The standard InChI is InChI=1S/C22H20N2O3/c1-26-19-21-12-17-16-10-6-5-9-15(16)11-22(17,23-19)20(25)24(21)18(27-13-21)14-7-3-2-4-8-14/h2-10,17-18H,11-13H2,1H3/t17-,18+,21?,22?/m0/s1. The SMILES string of the molecule is COC1=NC23Cc4ccccc4[C@@H]2CC12CO[C@H](c1ccccc1)N2C3=O. The van der Waals surface area contributed by atoms with Crippen LogP contribution >= 0.6 is 0 Å². The fourth-order valence-electron chi connectivity index (χ4n) is 5.60. The molecular formula is C22H20N2O3. The van der Waals surface area contributed by atoms with Crippen molar-refractivity contribution in [1.82, 2.24) is 4.90 Å². The number of fused-ring (bicyclic) bond motifs is 1. The fourth-order valence-corrected chi connectivity index (χ4v) is 5.60. The summed E-state index contributed by atoms with van der Waals surface area (Å²) in [7, 11) is 1.65. The summed E-state index contributed by atoms with van der Waals surface area (Å²) < 4.78 is 11.9. The molecule has 4 atom stereocenters. The van der Waals surface area contributed by atoms with Crippen LogP contribution in [0.1, 0.15) is 35.3 Å². The Hall–Kier alpha value is -2.66. The number of piperidine rings is 1. The van der Waals surface area contributed by atoms with E-state index in [4.69, 9.17) is 14.5 Å². The highest BCUT2D eigenvalue weighted by atomic mass is 16.5. The number of hydrogen-bond donors (Lipinski definition) is 0. The molecule has 2 aromatic rings. The molecule has 1 amide bonds. The normalized spacial score (nSPS) is 35.5. The molecule has 2 saturated heterocycles.